The molecule has 0 saturated carbocycles. The van der Waals surface area contributed by atoms with Gasteiger partial charge in [-0.25, -0.2) is 4.98 Å². The van der Waals surface area contributed by atoms with Crippen LogP contribution >= 0.6 is 0 Å². The Bertz CT molecular complexity index is 1360. The maximum atomic E-state index is 13.2. The zero-order valence-electron chi connectivity index (χ0n) is 20.9. The van der Waals surface area contributed by atoms with E-state index in [1.165, 1.54) is 0 Å². The van der Waals surface area contributed by atoms with Crippen molar-refractivity contribution in [1.82, 2.24) is 20.1 Å². The first-order valence-corrected chi connectivity index (χ1v) is 12.6. The third-order valence-electron chi connectivity index (χ3n) is 6.38. The number of pyridine rings is 1. The van der Waals surface area contributed by atoms with E-state index in [1.54, 1.807) is 30.6 Å². The number of carbonyl (C=O) groups excluding carboxylic acids is 2. The third kappa shape index (κ3) is 6.18. The number of nitrogens with zero attached hydrogens (tertiary/aromatic N) is 3. The predicted molar refractivity (Wildman–Crippen MR) is 143 cm³/mol. The molecular formula is C29H29N5O4. The quantitative estimate of drug-likeness (QED) is 0.339. The highest BCUT2D eigenvalue weighted by molar-refractivity contribution is 5.91. The first-order chi connectivity index (χ1) is 18.7. The number of para-hydroxylation sites is 2. The van der Waals surface area contributed by atoms with Crippen LogP contribution in [0.4, 0.5) is 5.82 Å². The number of amides is 2. The molecule has 2 aromatic carbocycles. The summed E-state index contributed by atoms with van der Waals surface area (Å²) in [7, 11) is 0. The van der Waals surface area contributed by atoms with Crippen molar-refractivity contribution in [3.63, 3.8) is 0 Å². The van der Waals surface area contributed by atoms with Crippen molar-refractivity contribution in [1.29, 1.82) is 0 Å². The number of hydrogen-bond acceptors (Lipinski definition) is 6. The minimum atomic E-state index is -0.312. The maximum absolute atomic E-state index is 13.2. The summed E-state index contributed by atoms with van der Waals surface area (Å²) in [4.78, 5) is 31.7. The van der Waals surface area contributed by atoms with E-state index in [0.717, 1.165) is 36.1 Å². The van der Waals surface area contributed by atoms with Crippen LogP contribution in [-0.4, -0.2) is 51.7 Å². The maximum Gasteiger partial charge on any atom is 0.263 e. The first kappa shape index (κ1) is 25.0. The van der Waals surface area contributed by atoms with Gasteiger partial charge in [0.05, 0.1) is 17.9 Å². The average molecular weight is 512 g/mol. The van der Waals surface area contributed by atoms with Gasteiger partial charge in [-0.15, -0.1) is 0 Å². The number of rotatable bonds is 9. The van der Waals surface area contributed by atoms with Gasteiger partial charge in [-0.1, -0.05) is 36.4 Å². The van der Waals surface area contributed by atoms with E-state index in [0.29, 0.717) is 23.9 Å². The zero-order valence-corrected chi connectivity index (χ0v) is 20.9. The normalized spacial score (nSPS) is 15.1. The second kappa shape index (κ2) is 12.1. The summed E-state index contributed by atoms with van der Waals surface area (Å²) in [6.45, 7) is 0.497. The molecule has 2 aromatic heterocycles. The highest BCUT2D eigenvalue weighted by atomic mass is 16.5. The molecule has 4 aromatic rings. The lowest BCUT2D eigenvalue weighted by molar-refractivity contribution is -0.137. The van der Waals surface area contributed by atoms with Gasteiger partial charge >= 0.3 is 0 Å². The summed E-state index contributed by atoms with van der Waals surface area (Å²) in [5.41, 5.74) is 2.55. The van der Waals surface area contributed by atoms with Crippen molar-refractivity contribution in [2.24, 2.45) is 0 Å². The Hall–Kier alpha value is -4.66. The third-order valence-corrected chi connectivity index (χ3v) is 6.38. The summed E-state index contributed by atoms with van der Waals surface area (Å²) < 4.78 is 11.2. The number of H-pyrrole nitrogens is 1. The van der Waals surface area contributed by atoms with Crippen molar-refractivity contribution < 1.29 is 19.1 Å². The van der Waals surface area contributed by atoms with Crippen LogP contribution in [0.1, 0.15) is 31.0 Å². The minimum Gasteiger partial charge on any atom is -0.484 e. The van der Waals surface area contributed by atoms with Crippen LogP contribution in [0.15, 0.2) is 85.2 Å². The molecule has 9 heteroatoms. The number of aromatic amines is 1. The minimum absolute atomic E-state index is 0.0273. The summed E-state index contributed by atoms with van der Waals surface area (Å²) in [5.74, 6) is 1.31. The molecule has 1 aliphatic heterocycles. The van der Waals surface area contributed by atoms with Gasteiger partial charge in [0.2, 0.25) is 0 Å². The van der Waals surface area contributed by atoms with Crippen LogP contribution in [0.5, 0.6) is 11.5 Å². The number of anilines is 1. The van der Waals surface area contributed by atoms with Crippen molar-refractivity contribution in [2.45, 2.75) is 25.3 Å². The number of carbonyl (C=O) groups is 2. The summed E-state index contributed by atoms with van der Waals surface area (Å²) >= 11 is 0. The van der Waals surface area contributed by atoms with Crippen molar-refractivity contribution in [3.05, 3.63) is 90.9 Å². The summed E-state index contributed by atoms with van der Waals surface area (Å²) in [6.07, 6.45) is 6.14. The van der Waals surface area contributed by atoms with Gasteiger partial charge in [0.25, 0.3) is 11.8 Å². The monoisotopic (exact) mass is 511 g/mol. The van der Waals surface area contributed by atoms with E-state index in [4.69, 9.17) is 9.47 Å². The lowest BCUT2D eigenvalue weighted by atomic mass is 9.94. The Kier molecular flexibility index (Phi) is 7.93. The highest BCUT2D eigenvalue weighted by Gasteiger charge is 2.31. The van der Waals surface area contributed by atoms with Crippen LogP contribution in [0.3, 0.4) is 0 Å². The van der Waals surface area contributed by atoms with Gasteiger partial charge < -0.3 is 19.7 Å². The molecule has 38 heavy (non-hydrogen) atoms. The second-order valence-corrected chi connectivity index (χ2v) is 8.98. The lowest BCUT2D eigenvalue weighted by Gasteiger charge is -2.35. The molecule has 0 aliphatic carbocycles. The van der Waals surface area contributed by atoms with Gasteiger partial charge in [0.15, 0.2) is 13.2 Å². The van der Waals surface area contributed by atoms with E-state index >= 15 is 0 Å². The molecule has 1 fully saturated rings. The Morgan fingerprint density at radius 2 is 1.66 bits per heavy atom. The molecule has 5 rings (SSSR count). The van der Waals surface area contributed by atoms with Gasteiger partial charge in [-0.3, -0.25) is 14.7 Å². The van der Waals surface area contributed by atoms with E-state index in [-0.39, 0.29) is 31.1 Å². The standard InChI is InChI=1S/C29H29N5O4/c35-27(19-37-22-9-3-1-4-10-22)32-26-17-21(14-15-30-26)24-18-31-33-29(24)25-13-7-8-16-34(25)28(36)20-38-23-11-5-2-6-12-23/h1-6,9-12,14-15,17-18,25H,7-8,13,16,19-20H2,(H,31,33)(H,30,32,35)/t25-/m1/s1. The molecule has 3 heterocycles. The lowest BCUT2D eigenvalue weighted by Crippen LogP contribution is -2.41. The molecular weight excluding hydrogens is 482 g/mol. The molecule has 194 valence electrons. The molecule has 0 unspecified atom stereocenters. The Morgan fingerprint density at radius 3 is 2.39 bits per heavy atom. The molecule has 2 amide bonds. The van der Waals surface area contributed by atoms with Gasteiger partial charge in [-0.2, -0.15) is 5.10 Å². The Labute approximate surface area is 220 Å². The topological polar surface area (TPSA) is 109 Å². The van der Waals surface area contributed by atoms with Crippen LogP contribution in [0, 0.1) is 0 Å². The van der Waals surface area contributed by atoms with Gasteiger partial charge in [0, 0.05) is 18.3 Å². The van der Waals surface area contributed by atoms with Crippen molar-refractivity contribution in [3.8, 4) is 22.6 Å². The van der Waals surface area contributed by atoms with E-state index in [2.05, 4.69) is 20.5 Å². The SMILES string of the molecule is O=C(COc1ccccc1)Nc1cc(-c2cn[nH]c2[C@H]2CCCCN2C(=O)COc2ccccc2)ccn1. The van der Waals surface area contributed by atoms with E-state index < -0.39 is 0 Å². The number of piperidine rings is 1. The Morgan fingerprint density at radius 1 is 0.947 bits per heavy atom. The van der Waals surface area contributed by atoms with Crippen LogP contribution in [0.25, 0.3) is 11.1 Å². The number of hydrogen-bond donors (Lipinski definition) is 2. The fraction of sp³-hybridized carbons (Fsp3) is 0.241. The molecule has 1 atom stereocenters. The molecule has 2 N–H and O–H groups in total. The molecule has 1 saturated heterocycles. The van der Waals surface area contributed by atoms with E-state index in [1.807, 2.05) is 59.5 Å². The van der Waals surface area contributed by atoms with Crippen LogP contribution < -0.4 is 14.8 Å². The second-order valence-electron chi connectivity index (χ2n) is 8.98. The summed E-state index contributed by atoms with van der Waals surface area (Å²) in [5, 5.41) is 10.2. The van der Waals surface area contributed by atoms with Crippen molar-refractivity contribution >= 4 is 17.6 Å². The average Bonchev–Trinajstić information content (AvgIpc) is 3.46. The van der Waals surface area contributed by atoms with Gasteiger partial charge in [-0.05, 0) is 61.2 Å². The molecule has 9 nitrogen and oxygen atoms in total. The zero-order chi connectivity index (χ0) is 26.2. The van der Waals surface area contributed by atoms with Crippen molar-refractivity contribution in [2.75, 3.05) is 25.1 Å². The van der Waals surface area contributed by atoms with E-state index in [9.17, 15) is 9.59 Å². The fourth-order valence-electron chi connectivity index (χ4n) is 4.57. The largest absolute Gasteiger partial charge is 0.484 e. The molecule has 0 radical (unpaired) electrons. The number of ether oxygens (including phenoxy) is 2. The molecule has 0 spiro atoms. The number of aromatic nitrogens is 3. The smallest absolute Gasteiger partial charge is 0.263 e. The number of likely N-dealkylation sites (tertiary alicyclic amines) is 1. The first-order valence-electron chi connectivity index (χ1n) is 12.6. The Balaban J connectivity index is 1.27. The predicted octanol–water partition coefficient (Wildman–Crippen LogP) is 4.62. The van der Waals surface area contributed by atoms with Crippen LogP contribution in [-0.2, 0) is 9.59 Å². The molecule has 0 bridgehead atoms. The van der Waals surface area contributed by atoms with Crippen LogP contribution in [0.2, 0.25) is 0 Å². The number of benzene rings is 2. The van der Waals surface area contributed by atoms with Gasteiger partial charge in [0.1, 0.15) is 17.3 Å². The highest BCUT2D eigenvalue weighted by Crippen LogP contribution is 2.36. The number of nitrogens with one attached hydrogen (secondary N) is 2. The summed E-state index contributed by atoms with van der Waals surface area (Å²) in [6, 6.07) is 22.0. The molecule has 1 aliphatic rings. The fourth-order valence-corrected chi connectivity index (χ4v) is 4.57.